The third kappa shape index (κ3) is 1.76. The molecule has 1 aliphatic rings. The lowest BCUT2D eigenvalue weighted by Crippen LogP contribution is -2.11. The highest BCUT2D eigenvalue weighted by Crippen LogP contribution is 2.30. The summed E-state index contributed by atoms with van der Waals surface area (Å²) in [5.74, 6) is 1.20. The van der Waals surface area contributed by atoms with Crippen LogP contribution < -0.4 is 5.32 Å². The summed E-state index contributed by atoms with van der Waals surface area (Å²) in [6, 6.07) is 8.05. The highest BCUT2D eigenvalue weighted by Gasteiger charge is 2.15. The van der Waals surface area contributed by atoms with Crippen LogP contribution in [0.15, 0.2) is 24.3 Å². The van der Waals surface area contributed by atoms with Crippen molar-refractivity contribution in [1.29, 1.82) is 0 Å². The molecule has 64 valence electrons. The Labute approximate surface area is 81.5 Å². The Kier molecular flexibility index (Phi) is 2.59. The van der Waals surface area contributed by atoms with Gasteiger partial charge in [-0.15, -0.1) is 11.8 Å². The maximum atomic E-state index is 5.79. The van der Waals surface area contributed by atoms with Gasteiger partial charge in [-0.2, -0.15) is 0 Å². The van der Waals surface area contributed by atoms with Crippen LogP contribution in [0, 0.1) is 0 Å². The summed E-state index contributed by atoms with van der Waals surface area (Å²) >= 11 is 7.74. The summed E-state index contributed by atoms with van der Waals surface area (Å²) in [7, 11) is 0. The molecule has 1 aliphatic heterocycles. The maximum Gasteiger partial charge on any atom is 0.0790 e. The van der Waals surface area contributed by atoms with Gasteiger partial charge in [-0.05, 0) is 17.7 Å². The van der Waals surface area contributed by atoms with Crippen LogP contribution in [0.3, 0.4) is 0 Å². The molecule has 1 aromatic carbocycles. The largest absolute Gasteiger partial charge is 0.301 e. The molecule has 0 radical (unpaired) electrons. The molecule has 1 heterocycles. The predicted molar refractivity (Wildman–Crippen MR) is 54.7 cm³/mol. The molecular weight excluding hydrogens is 190 g/mol. The fourth-order valence-corrected chi connectivity index (χ4v) is 2.46. The van der Waals surface area contributed by atoms with Crippen LogP contribution in [0.5, 0.6) is 0 Å². The smallest absolute Gasteiger partial charge is 0.0790 e. The van der Waals surface area contributed by atoms with Crippen LogP contribution in [0.4, 0.5) is 0 Å². The number of thioether (sulfide) groups is 1. The Morgan fingerprint density at radius 1 is 1.33 bits per heavy atom. The van der Waals surface area contributed by atoms with Gasteiger partial charge in [-0.3, -0.25) is 0 Å². The average molecular weight is 200 g/mol. The second kappa shape index (κ2) is 3.69. The van der Waals surface area contributed by atoms with Gasteiger partial charge in [0.25, 0.3) is 0 Å². The normalized spacial score (nSPS) is 22.9. The zero-order chi connectivity index (χ0) is 8.39. The molecule has 0 unspecified atom stereocenters. The van der Waals surface area contributed by atoms with Gasteiger partial charge in [-0.1, -0.05) is 23.7 Å². The van der Waals surface area contributed by atoms with E-state index in [4.69, 9.17) is 11.6 Å². The quantitative estimate of drug-likeness (QED) is 0.747. The third-order valence-electron chi connectivity index (χ3n) is 1.89. The molecule has 0 amide bonds. The van der Waals surface area contributed by atoms with Crippen molar-refractivity contribution in [3.8, 4) is 0 Å². The lowest BCUT2D eigenvalue weighted by atomic mass is 10.2. The standard InChI is InChI=1S/C9H10ClNS/c10-8-3-1-7(2-4-8)9-11-5-6-12-9/h1-4,9,11H,5-6H2/t9-/m1/s1. The van der Waals surface area contributed by atoms with Crippen molar-refractivity contribution in [3.63, 3.8) is 0 Å². The van der Waals surface area contributed by atoms with Crippen LogP contribution in [-0.4, -0.2) is 12.3 Å². The maximum absolute atomic E-state index is 5.79. The topological polar surface area (TPSA) is 12.0 Å². The molecule has 1 nitrogen and oxygen atoms in total. The van der Waals surface area contributed by atoms with E-state index in [2.05, 4.69) is 17.4 Å². The highest BCUT2D eigenvalue weighted by atomic mass is 35.5. The number of hydrogen-bond donors (Lipinski definition) is 1. The number of rotatable bonds is 1. The second-order valence-electron chi connectivity index (χ2n) is 2.76. The van der Waals surface area contributed by atoms with Crippen LogP contribution in [0.2, 0.25) is 5.02 Å². The summed E-state index contributed by atoms with van der Waals surface area (Å²) < 4.78 is 0. The fraction of sp³-hybridized carbons (Fsp3) is 0.333. The van der Waals surface area contributed by atoms with Gasteiger partial charge in [0, 0.05) is 17.3 Å². The van der Waals surface area contributed by atoms with Crippen molar-refractivity contribution < 1.29 is 0 Å². The number of nitrogens with one attached hydrogen (secondary N) is 1. The molecule has 1 fully saturated rings. The molecular formula is C9H10ClNS. The molecule has 0 bridgehead atoms. The van der Waals surface area contributed by atoms with E-state index < -0.39 is 0 Å². The SMILES string of the molecule is Clc1ccc([C@@H]2NCCS2)cc1. The van der Waals surface area contributed by atoms with Crippen molar-refractivity contribution in [3.05, 3.63) is 34.9 Å². The Morgan fingerprint density at radius 2 is 2.08 bits per heavy atom. The van der Waals surface area contributed by atoms with E-state index in [9.17, 15) is 0 Å². The Bertz CT molecular complexity index is 254. The molecule has 2 rings (SSSR count). The summed E-state index contributed by atoms with van der Waals surface area (Å²) in [6.45, 7) is 1.11. The van der Waals surface area contributed by atoms with E-state index in [1.54, 1.807) is 0 Å². The molecule has 0 saturated carbocycles. The number of halogens is 1. The first kappa shape index (κ1) is 8.42. The fourth-order valence-electron chi connectivity index (χ4n) is 1.28. The first-order chi connectivity index (χ1) is 5.86. The van der Waals surface area contributed by atoms with E-state index in [0.717, 1.165) is 11.6 Å². The van der Waals surface area contributed by atoms with E-state index in [1.165, 1.54) is 11.3 Å². The van der Waals surface area contributed by atoms with E-state index >= 15 is 0 Å². The first-order valence-corrected chi connectivity index (χ1v) is 5.39. The average Bonchev–Trinajstić information content (AvgIpc) is 2.58. The van der Waals surface area contributed by atoms with Crippen molar-refractivity contribution in [2.24, 2.45) is 0 Å². The minimum Gasteiger partial charge on any atom is -0.301 e. The van der Waals surface area contributed by atoms with Crippen LogP contribution in [0.1, 0.15) is 10.9 Å². The van der Waals surface area contributed by atoms with Gasteiger partial charge in [0.15, 0.2) is 0 Å². The third-order valence-corrected chi connectivity index (χ3v) is 3.35. The first-order valence-electron chi connectivity index (χ1n) is 3.97. The van der Waals surface area contributed by atoms with Crippen LogP contribution in [0.25, 0.3) is 0 Å². The van der Waals surface area contributed by atoms with Gasteiger partial charge in [-0.25, -0.2) is 0 Å². The zero-order valence-corrected chi connectivity index (χ0v) is 8.16. The Morgan fingerprint density at radius 3 is 2.67 bits per heavy atom. The Hall–Kier alpha value is -0.180. The van der Waals surface area contributed by atoms with Crippen molar-refractivity contribution in [2.75, 3.05) is 12.3 Å². The van der Waals surface area contributed by atoms with E-state index in [0.29, 0.717) is 5.37 Å². The summed E-state index contributed by atoms with van der Waals surface area (Å²) in [5, 5.41) is 4.69. The molecule has 1 saturated heterocycles. The monoisotopic (exact) mass is 199 g/mol. The van der Waals surface area contributed by atoms with Crippen molar-refractivity contribution >= 4 is 23.4 Å². The number of hydrogen-bond acceptors (Lipinski definition) is 2. The lowest BCUT2D eigenvalue weighted by molar-refractivity contribution is 0.751. The lowest BCUT2D eigenvalue weighted by Gasteiger charge is -2.08. The number of benzene rings is 1. The summed E-state index contributed by atoms with van der Waals surface area (Å²) in [5.41, 5.74) is 1.32. The van der Waals surface area contributed by atoms with Gasteiger partial charge in [0.2, 0.25) is 0 Å². The van der Waals surface area contributed by atoms with Crippen molar-refractivity contribution in [2.45, 2.75) is 5.37 Å². The molecule has 1 aromatic rings. The molecule has 0 spiro atoms. The Balaban J connectivity index is 2.17. The van der Waals surface area contributed by atoms with Gasteiger partial charge >= 0.3 is 0 Å². The highest BCUT2D eigenvalue weighted by molar-refractivity contribution is 7.99. The molecule has 1 atom stereocenters. The summed E-state index contributed by atoms with van der Waals surface area (Å²) in [6.07, 6.45) is 0. The van der Waals surface area contributed by atoms with E-state index in [-0.39, 0.29) is 0 Å². The van der Waals surface area contributed by atoms with Crippen LogP contribution in [-0.2, 0) is 0 Å². The minimum absolute atomic E-state index is 0.474. The van der Waals surface area contributed by atoms with E-state index in [1.807, 2.05) is 23.9 Å². The summed E-state index contributed by atoms with van der Waals surface area (Å²) in [4.78, 5) is 0. The molecule has 1 N–H and O–H groups in total. The van der Waals surface area contributed by atoms with Gasteiger partial charge in [0.05, 0.1) is 5.37 Å². The second-order valence-corrected chi connectivity index (χ2v) is 4.41. The molecule has 3 heteroatoms. The van der Waals surface area contributed by atoms with Gasteiger partial charge < -0.3 is 5.32 Å². The molecule has 12 heavy (non-hydrogen) atoms. The molecule has 0 aromatic heterocycles. The predicted octanol–water partition coefficient (Wildman–Crippen LogP) is 2.68. The zero-order valence-electron chi connectivity index (χ0n) is 6.59. The minimum atomic E-state index is 0.474. The van der Waals surface area contributed by atoms with Crippen molar-refractivity contribution in [1.82, 2.24) is 5.32 Å². The molecule has 0 aliphatic carbocycles. The van der Waals surface area contributed by atoms with Gasteiger partial charge in [0.1, 0.15) is 0 Å². The van der Waals surface area contributed by atoms with Crippen LogP contribution >= 0.6 is 23.4 Å².